The minimum atomic E-state index is -4.80. The highest BCUT2D eigenvalue weighted by Gasteiger charge is 2.31. The van der Waals surface area contributed by atoms with Gasteiger partial charge in [-0.05, 0) is 48.9 Å². The van der Waals surface area contributed by atoms with E-state index in [0.29, 0.717) is 33.4 Å². The molecule has 0 fully saturated rings. The number of aromatic nitrogens is 2. The van der Waals surface area contributed by atoms with Crippen molar-refractivity contribution in [1.29, 1.82) is 0 Å². The van der Waals surface area contributed by atoms with E-state index in [1.54, 1.807) is 68.9 Å². The number of nitrogens with zero attached hydrogens (tertiary/aromatic N) is 2. The van der Waals surface area contributed by atoms with Crippen LogP contribution in [0.1, 0.15) is 47.8 Å². The fourth-order valence-electron chi connectivity index (χ4n) is 3.93. The van der Waals surface area contributed by atoms with Crippen molar-refractivity contribution < 1.29 is 27.5 Å². The standard InChI is InChI=1S/C28H25Cl2F3N4O3/c1-15-13-16(40-28(31,32)33)11-12-21(15)37-22-10-6-9-20(19(22)14-34-37)35-25(38)18-8-5-7-17(23(18)29)24(30)36-26(39)27(2,3)4/h5-14,24H,1-4H3,(H,35,38)(H,36,39). The average Bonchev–Trinajstić information content (AvgIpc) is 3.27. The van der Waals surface area contributed by atoms with Gasteiger partial charge in [-0.25, -0.2) is 4.68 Å². The van der Waals surface area contributed by atoms with Gasteiger partial charge in [0.1, 0.15) is 11.3 Å². The third-order valence-electron chi connectivity index (χ3n) is 5.98. The van der Waals surface area contributed by atoms with Crippen LogP contribution < -0.4 is 15.4 Å². The third-order valence-corrected chi connectivity index (χ3v) is 6.74. The summed E-state index contributed by atoms with van der Waals surface area (Å²) in [7, 11) is 0. The lowest BCUT2D eigenvalue weighted by Gasteiger charge is -2.22. The smallest absolute Gasteiger partial charge is 0.406 e. The summed E-state index contributed by atoms with van der Waals surface area (Å²) in [6, 6.07) is 13.9. The number of aryl methyl sites for hydroxylation is 1. The van der Waals surface area contributed by atoms with Crippen molar-refractivity contribution in [2.24, 2.45) is 5.41 Å². The van der Waals surface area contributed by atoms with Gasteiger partial charge in [-0.15, -0.1) is 13.2 Å². The summed E-state index contributed by atoms with van der Waals surface area (Å²) in [5.74, 6) is -1.13. The number of amides is 2. The van der Waals surface area contributed by atoms with Gasteiger partial charge in [0.15, 0.2) is 0 Å². The number of benzene rings is 3. The second kappa shape index (κ2) is 11.0. The molecular weight excluding hydrogens is 568 g/mol. The van der Waals surface area contributed by atoms with E-state index < -0.39 is 23.2 Å². The summed E-state index contributed by atoms with van der Waals surface area (Å²) in [6.45, 7) is 6.89. The number of nitrogens with one attached hydrogen (secondary N) is 2. The van der Waals surface area contributed by atoms with Crippen LogP contribution in [0.15, 0.2) is 60.8 Å². The fourth-order valence-corrected chi connectivity index (χ4v) is 4.59. The molecule has 1 atom stereocenters. The Balaban J connectivity index is 1.61. The molecular formula is C28H25Cl2F3N4O3. The van der Waals surface area contributed by atoms with Crippen molar-refractivity contribution in [3.8, 4) is 11.4 Å². The Morgan fingerprint density at radius 3 is 2.40 bits per heavy atom. The van der Waals surface area contributed by atoms with Crippen LogP contribution in [0.2, 0.25) is 5.02 Å². The number of anilines is 1. The van der Waals surface area contributed by atoms with Gasteiger partial charge in [0.05, 0.1) is 33.7 Å². The predicted molar refractivity (Wildman–Crippen MR) is 148 cm³/mol. The minimum Gasteiger partial charge on any atom is -0.406 e. The Morgan fingerprint density at radius 1 is 1.05 bits per heavy atom. The van der Waals surface area contributed by atoms with Gasteiger partial charge in [-0.3, -0.25) is 9.59 Å². The Hall–Kier alpha value is -3.76. The van der Waals surface area contributed by atoms with E-state index in [1.165, 1.54) is 24.3 Å². The number of hydrogen-bond acceptors (Lipinski definition) is 4. The first-order valence-electron chi connectivity index (χ1n) is 12.0. The number of ether oxygens (including phenoxy) is 1. The molecule has 4 rings (SSSR count). The number of rotatable bonds is 6. The Labute approximate surface area is 238 Å². The number of hydrogen-bond donors (Lipinski definition) is 2. The molecule has 0 spiro atoms. The maximum Gasteiger partial charge on any atom is 0.573 e. The highest BCUT2D eigenvalue weighted by atomic mass is 35.5. The molecule has 1 heterocycles. The molecule has 2 amide bonds. The molecule has 2 N–H and O–H groups in total. The van der Waals surface area contributed by atoms with E-state index in [2.05, 4.69) is 20.5 Å². The highest BCUT2D eigenvalue weighted by Crippen LogP contribution is 2.33. The van der Waals surface area contributed by atoms with Gasteiger partial charge in [0.25, 0.3) is 5.91 Å². The van der Waals surface area contributed by atoms with Crippen molar-refractivity contribution in [1.82, 2.24) is 15.1 Å². The van der Waals surface area contributed by atoms with Crippen LogP contribution in [-0.2, 0) is 4.79 Å². The quantitative estimate of drug-likeness (QED) is 0.179. The third kappa shape index (κ3) is 6.34. The molecule has 1 unspecified atom stereocenters. The monoisotopic (exact) mass is 592 g/mol. The Morgan fingerprint density at radius 2 is 1.75 bits per heavy atom. The van der Waals surface area contributed by atoms with Gasteiger partial charge in [-0.2, -0.15) is 5.10 Å². The van der Waals surface area contributed by atoms with Crippen LogP contribution in [0.5, 0.6) is 5.75 Å². The van der Waals surface area contributed by atoms with E-state index in [0.717, 1.165) is 0 Å². The van der Waals surface area contributed by atoms with Gasteiger partial charge in [0.2, 0.25) is 5.91 Å². The molecule has 0 bridgehead atoms. The fraction of sp³-hybridized carbons (Fsp3) is 0.250. The summed E-state index contributed by atoms with van der Waals surface area (Å²) in [5, 5.41) is 10.6. The van der Waals surface area contributed by atoms with Crippen molar-refractivity contribution in [2.45, 2.75) is 39.6 Å². The van der Waals surface area contributed by atoms with E-state index >= 15 is 0 Å². The Kier molecular flexibility index (Phi) is 8.05. The number of halogens is 5. The van der Waals surface area contributed by atoms with Crippen molar-refractivity contribution in [3.63, 3.8) is 0 Å². The van der Waals surface area contributed by atoms with Crippen LogP contribution >= 0.6 is 23.2 Å². The van der Waals surface area contributed by atoms with E-state index in [1.807, 2.05) is 0 Å². The molecule has 210 valence electrons. The molecule has 0 radical (unpaired) electrons. The number of carbonyl (C=O) groups is 2. The maximum atomic E-state index is 13.3. The summed E-state index contributed by atoms with van der Waals surface area (Å²) < 4.78 is 43.4. The zero-order valence-corrected chi connectivity index (χ0v) is 23.4. The minimum absolute atomic E-state index is 0.0915. The predicted octanol–water partition coefficient (Wildman–Crippen LogP) is 7.54. The maximum absolute atomic E-state index is 13.3. The number of carbonyl (C=O) groups excluding carboxylic acids is 2. The molecule has 0 saturated heterocycles. The first-order chi connectivity index (χ1) is 18.7. The molecule has 12 heteroatoms. The first-order valence-corrected chi connectivity index (χ1v) is 12.9. The molecule has 0 aliphatic heterocycles. The van der Waals surface area contributed by atoms with Gasteiger partial charge < -0.3 is 15.4 Å². The SMILES string of the molecule is Cc1cc(OC(F)(F)F)ccc1-n1ncc2c(NC(=O)c3cccc(C(Cl)NC(=O)C(C)(C)C)c3Cl)cccc21. The van der Waals surface area contributed by atoms with Gasteiger partial charge in [0, 0.05) is 16.4 Å². The normalized spacial score (nSPS) is 12.7. The molecule has 4 aromatic rings. The topological polar surface area (TPSA) is 85.2 Å². The lowest BCUT2D eigenvalue weighted by atomic mass is 9.95. The molecule has 40 heavy (non-hydrogen) atoms. The van der Waals surface area contributed by atoms with Crippen LogP contribution in [0.25, 0.3) is 16.6 Å². The Bertz CT molecular complexity index is 1600. The largest absolute Gasteiger partial charge is 0.573 e. The molecule has 0 saturated carbocycles. The van der Waals surface area contributed by atoms with E-state index in [9.17, 15) is 22.8 Å². The lowest BCUT2D eigenvalue weighted by Crippen LogP contribution is -2.35. The highest BCUT2D eigenvalue weighted by molar-refractivity contribution is 6.36. The van der Waals surface area contributed by atoms with Crippen molar-refractivity contribution in [2.75, 3.05) is 5.32 Å². The summed E-state index contributed by atoms with van der Waals surface area (Å²) in [5.41, 5.74) is 0.973. The van der Waals surface area contributed by atoms with Crippen molar-refractivity contribution in [3.05, 3.63) is 82.5 Å². The van der Waals surface area contributed by atoms with E-state index in [-0.39, 0.29) is 22.2 Å². The van der Waals surface area contributed by atoms with Crippen molar-refractivity contribution >= 4 is 51.6 Å². The molecule has 1 aromatic heterocycles. The van der Waals surface area contributed by atoms with Gasteiger partial charge in [-0.1, -0.05) is 62.2 Å². The van der Waals surface area contributed by atoms with E-state index in [4.69, 9.17) is 23.2 Å². The number of fused-ring (bicyclic) bond motifs is 1. The molecule has 0 aliphatic carbocycles. The average molecular weight is 593 g/mol. The second-order valence-corrected chi connectivity index (χ2v) is 10.9. The van der Waals surface area contributed by atoms with Crippen LogP contribution in [0, 0.1) is 12.3 Å². The molecule has 0 aliphatic rings. The van der Waals surface area contributed by atoms with Crippen LogP contribution in [0.3, 0.4) is 0 Å². The molecule has 3 aromatic carbocycles. The summed E-state index contributed by atoms with van der Waals surface area (Å²) in [6.07, 6.45) is -3.26. The van der Waals surface area contributed by atoms with Gasteiger partial charge >= 0.3 is 6.36 Å². The zero-order valence-electron chi connectivity index (χ0n) is 21.9. The lowest BCUT2D eigenvalue weighted by molar-refractivity contribution is -0.274. The zero-order chi connectivity index (χ0) is 29.4. The second-order valence-electron chi connectivity index (χ2n) is 10.0. The molecule has 7 nitrogen and oxygen atoms in total. The summed E-state index contributed by atoms with van der Waals surface area (Å²) >= 11 is 13.0. The van der Waals surface area contributed by atoms with Crippen LogP contribution in [0.4, 0.5) is 18.9 Å². The number of alkyl halides is 4. The first kappa shape index (κ1) is 29.2. The summed E-state index contributed by atoms with van der Waals surface area (Å²) in [4.78, 5) is 25.6. The van der Waals surface area contributed by atoms with Crippen LogP contribution in [-0.4, -0.2) is 28.0 Å².